The minimum Gasteiger partial charge on any atom is -0.387 e. The molecule has 0 aliphatic carbocycles. The highest BCUT2D eigenvalue weighted by Gasteiger charge is 2.10. The molecule has 6 heteroatoms. The van der Waals surface area contributed by atoms with Gasteiger partial charge in [0.15, 0.2) is 0 Å². The molecular weight excluding hydrogens is 258 g/mol. The predicted octanol–water partition coefficient (Wildman–Crippen LogP) is 1.21. The molecule has 0 unspecified atom stereocenters. The summed E-state index contributed by atoms with van der Waals surface area (Å²) >= 11 is 0. The lowest BCUT2D eigenvalue weighted by atomic mass is 10.2. The number of amides is 1. The van der Waals surface area contributed by atoms with Crippen LogP contribution in [0.25, 0.3) is 0 Å². The van der Waals surface area contributed by atoms with Crippen LogP contribution in [-0.4, -0.2) is 51.4 Å². The number of aromatic nitrogens is 1. The molecule has 0 saturated carbocycles. The van der Waals surface area contributed by atoms with Crippen LogP contribution < -0.4 is 10.6 Å². The second kappa shape index (κ2) is 9.28. The number of aryl methyl sites for hydroxylation is 1. The summed E-state index contributed by atoms with van der Waals surface area (Å²) in [5.41, 5.74) is 2.21. The maximum absolute atomic E-state index is 12.0. The Kier molecular flexibility index (Phi) is 7.60. The van der Waals surface area contributed by atoms with Crippen LogP contribution in [0.15, 0.2) is 12.3 Å². The van der Waals surface area contributed by atoms with E-state index in [1.165, 1.54) is 0 Å². The largest absolute Gasteiger partial charge is 0.387 e. The van der Waals surface area contributed by atoms with Gasteiger partial charge in [0, 0.05) is 39.2 Å². The van der Waals surface area contributed by atoms with Crippen molar-refractivity contribution in [3.63, 3.8) is 0 Å². The standard InChI is InChI=1S/C14H23N3O3/c1-11-9-13(15-2)12(10-17-11)14(18)16-5-4-6-20-8-7-19-3/h9-10H,4-8H2,1-3H3,(H,15,17)(H,16,18). The molecule has 1 aromatic heterocycles. The molecule has 20 heavy (non-hydrogen) atoms. The van der Waals surface area contributed by atoms with E-state index in [2.05, 4.69) is 15.6 Å². The molecule has 0 fully saturated rings. The fourth-order valence-corrected chi connectivity index (χ4v) is 1.66. The SMILES string of the molecule is CNc1cc(C)ncc1C(=O)NCCCOCCOC. The monoisotopic (exact) mass is 281 g/mol. The van der Waals surface area contributed by atoms with E-state index in [-0.39, 0.29) is 5.91 Å². The molecule has 1 amide bonds. The molecule has 0 atom stereocenters. The minimum atomic E-state index is -0.126. The van der Waals surface area contributed by atoms with Gasteiger partial charge in [0.25, 0.3) is 5.91 Å². The van der Waals surface area contributed by atoms with Crippen molar-refractivity contribution in [1.82, 2.24) is 10.3 Å². The minimum absolute atomic E-state index is 0.126. The van der Waals surface area contributed by atoms with Crippen molar-refractivity contribution >= 4 is 11.6 Å². The Balaban J connectivity index is 2.32. The van der Waals surface area contributed by atoms with Crippen LogP contribution in [0.4, 0.5) is 5.69 Å². The average Bonchev–Trinajstić information content (AvgIpc) is 2.45. The van der Waals surface area contributed by atoms with E-state index in [1.54, 1.807) is 20.4 Å². The molecule has 1 aromatic rings. The first-order valence-electron chi connectivity index (χ1n) is 6.68. The maximum atomic E-state index is 12.0. The van der Waals surface area contributed by atoms with Gasteiger partial charge < -0.3 is 20.1 Å². The zero-order valence-corrected chi connectivity index (χ0v) is 12.4. The second-order valence-electron chi connectivity index (χ2n) is 4.34. The Morgan fingerprint density at radius 1 is 1.35 bits per heavy atom. The Morgan fingerprint density at radius 2 is 2.15 bits per heavy atom. The number of methoxy groups -OCH3 is 1. The highest BCUT2D eigenvalue weighted by molar-refractivity contribution is 5.99. The van der Waals surface area contributed by atoms with Crippen molar-refractivity contribution in [3.8, 4) is 0 Å². The van der Waals surface area contributed by atoms with Gasteiger partial charge in [0.2, 0.25) is 0 Å². The highest BCUT2D eigenvalue weighted by Crippen LogP contribution is 2.14. The Hall–Kier alpha value is -1.66. The number of pyridine rings is 1. The van der Waals surface area contributed by atoms with Gasteiger partial charge in [-0.1, -0.05) is 0 Å². The van der Waals surface area contributed by atoms with Gasteiger partial charge in [-0.3, -0.25) is 9.78 Å². The third-order valence-corrected chi connectivity index (χ3v) is 2.74. The van der Waals surface area contributed by atoms with Crippen molar-refractivity contribution in [3.05, 3.63) is 23.5 Å². The van der Waals surface area contributed by atoms with E-state index >= 15 is 0 Å². The zero-order valence-electron chi connectivity index (χ0n) is 12.4. The molecule has 0 aromatic carbocycles. The molecule has 112 valence electrons. The van der Waals surface area contributed by atoms with Crippen LogP contribution in [0.3, 0.4) is 0 Å². The normalized spacial score (nSPS) is 10.3. The topological polar surface area (TPSA) is 72.5 Å². The van der Waals surface area contributed by atoms with Crippen LogP contribution in [0.2, 0.25) is 0 Å². The van der Waals surface area contributed by atoms with Gasteiger partial charge in [-0.2, -0.15) is 0 Å². The summed E-state index contributed by atoms with van der Waals surface area (Å²) in [6, 6.07) is 1.85. The maximum Gasteiger partial charge on any atom is 0.254 e. The average molecular weight is 281 g/mol. The van der Waals surface area contributed by atoms with Gasteiger partial charge in [-0.25, -0.2) is 0 Å². The van der Waals surface area contributed by atoms with Crippen molar-refractivity contribution in [2.75, 3.05) is 45.8 Å². The molecule has 0 radical (unpaired) electrons. The van der Waals surface area contributed by atoms with Crippen LogP contribution in [-0.2, 0) is 9.47 Å². The molecule has 0 aliphatic heterocycles. The number of hydrogen-bond acceptors (Lipinski definition) is 5. The third-order valence-electron chi connectivity index (χ3n) is 2.74. The molecule has 6 nitrogen and oxygen atoms in total. The van der Waals surface area contributed by atoms with Gasteiger partial charge >= 0.3 is 0 Å². The molecule has 1 rings (SSSR count). The van der Waals surface area contributed by atoms with Crippen LogP contribution in [0.1, 0.15) is 22.5 Å². The summed E-state index contributed by atoms with van der Waals surface area (Å²) < 4.78 is 10.2. The Morgan fingerprint density at radius 3 is 2.85 bits per heavy atom. The zero-order chi connectivity index (χ0) is 14.8. The number of nitrogens with zero attached hydrogens (tertiary/aromatic N) is 1. The van der Waals surface area contributed by atoms with E-state index in [4.69, 9.17) is 9.47 Å². The van der Waals surface area contributed by atoms with Crippen molar-refractivity contribution in [2.24, 2.45) is 0 Å². The molecule has 0 saturated heterocycles. The van der Waals surface area contributed by atoms with Crippen molar-refractivity contribution in [1.29, 1.82) is 0 Å². The first-order valence-corrected chi connectivity index (χ1v) is 6.68. The summed E-state index contributed by atoms with van der Waals surface area (Å²) in [4.78, 5) is 16.2. The number of carbonyl (C=O) groups excluding carboxylic acids is 1. The van der Waals surface area contributed by atoms with Gasteiger partial charge in [-0.15, -0.1) is 0 Å². The van der Waals surface area contributed by atoms with Gasteiger partial charge in [0.05, 0.1) is 24.5 Å². The number of nitrogens with one attached hydrogen (secondary N) is 2. The fourth-order valence-electron chi connectivity index (χ4n) is 1.66. The fraction of sp³-hybridized carbons (Fsp3) is 0.571. The summed E-state index contributed by atoms with van der Waals surface area (Å²) in [5, 5.41) is 5.86. The predicted molar refractivity (Wildman–Crippen MR) is 78.2 cm³/mol. The summed E-state index contributed by atoms with van der Waals surface area (Å²) in [6.07, 6.45) is 2.36. The van der Waals surface area contributed by atoms with E-state index in [0.717, 1.165) is 17.8 Å². The number of hydrogen-bond donors (Lipinski definition) is 2. The third kappa shape index (κ3) is 5.54. The Bertz CT molecular complexity index is 424. The molecule has 2 N–H and O–H groups in total. The van der Waals surface area contributed by atoms with Crippen molar-refractivity contribution < 1.29 is 14.3 Å². The summed E-state index contributed by atoms with van der Waals surface area (Å²) in [6.45, 7) is 4.24. The second-order valence-corrected chi connectivity index (χ2v) is 4.34. The smallest absolute Gasteiger partial charge is 0.254 e. The first-order chi connectivity index (χ1) is 9.69. The van der Waals surface area contributed by atoms with Gasteiger partial charge in [0.1, 0.15) is 0 Å². The molecule has 0 aliphatic rings. The molecule has 0 spiro atoms. The lowest BCUT2D eigenvalue weighted by Crippen LogP contribution is -2.26. The highest BCUT2D eigenvalue weighted by atomic mass is 16.5. The van der Waals surface area contributed by atoms with Crippen LogP contribution in [0.5, 0.6) is 0 Å². The number of anilines is 1. The number of ether oxygens (including phenoxy) is 2. The number of rotatable bonds is 9. The summed E-state index contributed by atoms with van der Waals surface area (Å²) in [5.74, 6) is -0.126. The first kappa shape index (κ1) is 16.4. The van der Waals surface area contributed by atoms with E-state index in [1.807, 2.05) is 13.0 Å². The van der Waals surface area contributed by atoms with Crippen molar-refractivity contribution in [2.45, 2.75) is 13.3 Å². The van der Waals surface area contributed by atoms with Crippen LogP contribution in [0, 0.1) is 6.92 Å². The quantitative estimate of drug-likeness (QED) is 0.666. The molecule has 0 bridgehead atoms. The van der Waals surface area contributed by atoms with E-state index in [0.29, 0.717) is 31.9 Å². The number of carbonyl (C=O) groups is 1. The Labute approximate surface area is 119 Å². The summed E-state index contributed by atoms with van der Waals surface area (Å²) in [7, 11) is 3.42. The van der Waals surface area contributed by atoms with E-state index < -0.39 is 0 Å². The molecule has 1 heterocycles. The van der Waals surface area contributed by atoms with Crippen LogP contribution >= 0.6 is 0 Å². The van der Waals surface area contributed by atoms with Gasteiger partial charge in [-0.05, 0) is 19.4 Å². The lowest BCUT2D eigenvalue weighted by molar-refractivity contribution is 0.0688. The van der Waals surface area contributed by atoms with E-state index in [9.17, 15) is 4.79 Å². The molecular formula is C14H23N3O3. The lowest BCUT2D eigenvalue weighted by Gasteiger charge is -2.10.